The van der Waals surface area contributed by atoms with Crippen LogP contribution in [0.5, 0.6) is 0 Å². The Morgan fingerprint density at radius 2 is 0.857 bits per heavy atom. The maximum Gasteiger partial charge on any atom is 0.0468 e. The van der Waals surface area contributed by atoms with Crippen LogP contribution < -0.4 is 4.90 Å². The Hall–Kier alpha value is -7.00. The molecule has 0 atom stereocenters. The van der Waals surface area contributed by atoms with Crippen molar-refractivity contribution in [2.24, 2.45) is 0 Å². The first-order valence-corrected chi connectivity index (χ1v) is 20.0. The molecule has 2 heteroatoms. The number of hydrogen-bond acceptors (Lipinski definition) is 2. The fraction of sp³-hybridized carbons (Fsp3) is 0. The lowest BCUT2D eigenvalue weighted by Crippen LogP contribution is -2.10. The molecule has 0 aliphatic carbocycles. The van der Waals surface area contributed by atoms with Crippen molar-refractivity contribution >= 4 is 80.9 Å². The van der Waals surface area contributed by atoms with Crippen LogP contribution in [0.2, 0.25) is 0 Å². The molecule has 1 aromatic heterocycles. The van der Waals surface area contributed by atoms with Crippen molar-refractivity contribution in [2.75, 3.05) is 4.90 Å². The van der Waals surface area contributed by atoms with E-state index in [0.717, 1.165) is 17.1 Å². The van der Waals surface area contributed by atoms with E-state index in [-0.39, 0.29) is 0 Å². The Kier molecular flexibility index (Phi) is 7.75. The summed E-state index contributed by atoms with van der Waals surface area (Å²) in [6.07, 6.45) is 0. The van der Waals surface area contributed by atoms with E-state index in [2.05, 4.69) is 217 Å². The van der Waals surface area contributed by atoms with E-state index in [9.17, 15) is 0 Å². The van der Waals surface area contributed by atoms with Gasteiger partial charge in [0, 0.05) is 37.2 Å². The molecule has 56 heavy (non-hydrogen) atoms. The van der Waals surface area contributed by atoms with Crippen molar-refractivity contribution in [3.05, 3.63) is 212 Å². The fourth-order valence-corrected chi connectivity index (χ4v) is 9.64. The molecule has 0 radical (unpaired) electrons. The third kappa shape index (κ3) is 5.54. The van der Waals surface area contributed by atoms with Crippen LogP contribution in [0.15, 0.2) is 212 Å². The van der Waals surface area contributed by atoms with Crippen LogP contribution in [0.25, 0.3) is 85.9 Å². The van der Waals surface area contributed by atoms with Crippen LogP contribution in [0.3, 0.4) is 0 Å². The Labute approximate surface area is 330 Å². The number of fused-ring (bicyclic) bond motifs is 7. The first-order valence-electron chi connectivity index (χ1n) is 19.2. The van der Waals surface area contributed by atoms with Gasteiger partial charge < -0.3 is 4.90 Å². The maximum absolute atomic E-state index is 2.41. The standard InChI is InChI=1S/C54H35NS/c1-3-19-45-36(12-1)14-11-24-46(45)40-17-9-15-38(32-40)39-16-10-18-43(33-39)55(44-30-31-54-52(35-44)50-23-7-8-25-53(50)56-54)42-28-26-37(27-29-42)51-34-41-13-2-4-20-47(41)48-21-5-6-22-49(48)51/h1-35H. The number of anilines is 3. The quantitative estimate of drug-likeness (QED) is 0.154. The second kappa shape index (κ2) is 13.4. The van der Waals surface area contributed by atoms with Gasteiger partial charge in [0.25, 0.3) is 0 Å². The summed E-state index contributed by atoms with van der Waals surface area (Å²) in [6, 6.07) is 77.8. The zero-order chi connectivity index (χ0) is 37.0. The molecule has 1 nitrogen and oxygen atoms in total. The average molecular weight is 730 g/mol. The maximum atomic E-state index is 2.41. The van der Waals surface area contributed by atoms with Gasteiger partial charge in [-0.1, -0.05) is 152 Å². The second-order valence-corrected chi connectivity index (χ2v) is 15.6. The Bertz CT molecular complexity index is 3260. The molecule has 10 aromatic carbocycles. The number of rotatable bonds is 6. The van der Waals surface area contributed by atoms with Crippen LogP contribution in [0.1, 0.15) is 0 Å². The molecule has 262 valence electrons. The highest BCUT2D eigenvalue weighted by Gasteiger charge is 2.17. The van der Waals surface area contributed by atoms with Crippen LogP contribution in [0, 0.1) is 0 Å². The molecule has 0 amide bonds. The van der Waals surface area contributed by atoms with E-state index < -0.39 is 0 Å². The molecule has 0 N–H and O–H groups in total. The molecule has 0 aliphatic heterocycles. The van der Waals surface area contributed by atoms with Gasteiger partial charge in [-0.25, -0.2) is 0 Å². The number of hydrogen-bond donors (Lipinski definition) is 0. The molecule has 0 fully saturated rings. The van der Waals surface area contributed by atoms with Gasteiger partial charge in [0.05, 0.1) is 0 Å². The van der Waals surface area contributed by atoms with Crippen molar-refractivity contribution in [1.29, 1.82) is 0 Å². The van der Waals surface area contributed by atoms with Gasteiger partial charge in [-0.05, 0) is 126 Å². The van der Waals surface area contributed by atoms with Crippen molar-refractivity contribution in [3.8, 4) is 33.4 Å². The molecular weight excluding hydrogens is 695 g/mol. The number of thiophene rings is 1. The summed E-state index contributed by atoms with van der Waals surface area (Å²) >= 11 is 1.86. The Balaban J connectivity index is 1.05. The fourth-order valence-electron chi connectivity index (χ4n) is 8.55. The first kappa shape index (κ1) is 32.4. The Morgan fingerprint density at radius 3 is 1.71 bits per heavy atom. The SMILES string of the molecule is c1cc(-c2cccc(N(c3ccc(-c4cc5ccccc5c5ccccc45)cc3)c3ccc4sc5ccccc5c4c3)c2)cc(-c2cccc3ccccc23)c1. The van der Waals surface area contributed by atoms with E-state index in [1.165, 1.54) is 85.9 Å². The van der Waals surface area contributed by atoms with Gasteiger partial charge in [0.15, 0.2) is 0 Å². The highest BCUT2D eigenvalue weighted by molar-refractivity contribution is 7.25. The molecule has 0 unspecified atom stereocenters. The highest BCUT2D eigenvalue weighted by Crippen LogP contribution is 2.43. The molecule has 0 aliphatic rings. The first-order chi connectivity index (χ1) is 27.7. The molecule has 11 aromatic rings. The van der Waals surface area contributed by atoms with Gasteiger partial charge >= 0.3 is 0 Å². The number of benzene rings is 10. The minimum atomic E-state index is 1.11. The molecule has 0 saturated heterocycles. The summed E-state index contributed by atoms with van der Waals surface area (Å²) in [7, 11) is 0. The summed E-state index contributed by atoms with van der Waals surface area (Å²) in [6.45, 7) is 0. The van der Waals surface area contributed by atoms with Gasteiger partial charge in [0.1, 0.15) is 0 Å². The van der Waals surface area contributed by atoms with Crippen LogP contribution in [-0.2, 0) is 0 Å². The minimum Gasteiger partial charge on any atom is -0.310 e. The van der Waals surface area contributed by atoms with Crippen molar-refractivity contribution in [3.63, 3.8) is 0 Å². The smallest absolute Gasteiger partial charge is 0.0468 e. The van der Waals surface area contributed by atoms with Crippen molar-refractivity contribution < 1.29 is 0 Å². The van der Waals surface area contributed by atoms with Crippen LogP contribution in [0.4, 0.5) is 17.1 Å². The molecule has 1 heterocycles. The zero-order valence-corrected chi connectivity index (χ0v) is 31.4. The monoisotopic (exact) mass is 729 g/mol. The van der Waals surface area contributed by atoms with Crippen molar-refractivity contribution in [1.82, 2.24) is 0 Å². The van der Waals surface area contributed by atoms with E-state index >= 15 is 0 Å². The van der Waals surface area contributed by atoms with E-state index in [1.807, 2.05) is 11.3 Å². The summed E-state index contributed by atoms with van der Waals surface area (Å²) < 4.78 is 2.61. The van der Waals surface area contributed by atoms with Gasteiger partial charge in [-0.15, -0.1) is 11.3 Å². The third-order valence-corrected chi connectivity index (χ3v) is 12.4. The topological polar surface area (TPSA) is 3.24 Å². The van der Waals surface area contributed by atoms with E-state index in [0.29, 0.717) is 0 Å². The largest absolute Gasteiger partial charge is 0.310 e. The lowest BCUT2D eigenvalue weighted by Gasteiger charge is -2.26. The number of nitrogens with zero attached hydrogens (tertiary/aromatic N) is 1. The van der Waals surface area contributed by atoms with Crippen LogP contribution in [-0.4, -0.2) is 0 Å². The molecule has 0 spiro atoms. The molecule has 0 bridgehead atoms. The average Bonchev–Trinajstić information content (AvgIpc) is 3.64. The third-order valence-electron chi connectivity index (χ3n) is 11.2. The Morgan fingerprint density at radius 1 is 0.268 bits per heavy atom. The normalized spacial score (nSPS) is 11.6. The molecule has 11 rings (SSSR count). The lowest BCUT2D eigenvalue weighted by molar-refractivity contribution is 1.29. The van der Waals surface area contributed by atoms with E-state index in [4.69, 9.17) is 0 Å². The predicted molar refractivity (Wildman–Crippen MR) is 243 cm³/mol. The summed E-state index contributed by atoms with van der Waals surface area (Å²) in [5.74, 6) is 0. The predicted octanol–water partition coefficient (Wildman–Crippen LogP) is 16.0. The van der Waals surface area contributed by atoms with Gasteiger partial charge in [0.2, 0.25) is 0 Å². The van der Waals surface area contributed by atoms with Gasteiger partial charge in [-0.3, -0.25) is 0 Å². The van der Waals surface area contributed by atoms with Crippen LogP contribution >= 0.6 is 11.3 Å². The highest BCUT2D eigenvalue weighted by atomic mass is 32.1. The van der Waals surface area contributed by atoms with Crippen molar-refractivity contribution in [2.45, 2.75) is 0 Å². The summed E-state index contributed by atoms with van der Waals surface area (Å²) in [5.41, 5.74) is 10.6. The zero-order valence-electron chi connectivity index (χ0n) is 30.6. The minimum absolute atomic E-state index is 1.11. The molecular formula is C54H35NS. The second-order valence-electron chi connectivity index (χ2n) is 14.5. The lowest BCUT2D eigenvalue weighted by atomic mass is 9.93. The summed E-state index contributed by atoms with van der Waals surface area (Å²) in [5, 5.41) is 10.2. The molecule has 0 saturated carbocycles. The summed E-state index contributed by atoms with van der Waals surface area (Å²) in [4.78, 5) is 2.41. The van der Waals surface area contributed by atoms with Gasteiger partial charge in [-0.2, -0.15) is 0 Å². The van der Waals surface area contributed by atoms with E-state index in [1.54, 1.807) is 0 Å².